The van der Waals surface area contributed by atoms with Crippen LogP contribution in [0.25, 0.3) is 0 Å². The Hall–Kier alpha value is -2.70. The van der Waals surface area contributed by atoms with Gasteiger partial charge in [0.25, 0.3) is 0 Å². The summed E-state index contributed by atoms with van der Waals surface area (Å²) in [5.41, 5.74) is 4.21. The molecule has 13 heteroatoms. The Balaban J connectivity index is 1.73. The number of amides is 2. The maximum atomic E-state index is 13.2. The molecule has 2 aliphatic heterocycles. The standard InChI is InChI=1S/C18H19F6N5O2/c1-9-4-13(30)29(6-9)7-10(25)5-14(31)28-3-2-11-12(8-28)26-16(18(22,23)24)27-15(11)17(19,20)21/h4,10H,2-3,5-8,25H2,1H3/t10-/m0/s1. The van der Waals surface area contributed by atoms with Gasteiger partial charge in [0.2, 0.25) is 17.6 Å². The largest absolute Gasteiger partial charge is 0.451 e. The van der Waals surface area contributed by atoms with Crippen molar-refractivity contribution in [3.8, 4) is 0 Å². The summed E-state index contributed by atoms with van der Waals surface area (Å²) in [6.45, 7) is 1.60. The number of fused-ring (bicyclic) bond motifs is 1. The number of halogens is 6. The van der Waals surface area contributed by atoms with Crippen molar-refractivity contribution in [3.63, 3.8) is 0 Å². The average Bonchev–Trinajstić information content (AvgIpc) is 2.95. The fourth-order valence-corrected chi connectivity index (χ4v) is 3.59. The van der Waals surface area contributed by atoms with Gasteiger partial charge in [-0.05, 0) is 18.9 Å². The number of hydrogen-bond donors (Lipinski definition) is 1. The van der Waals surface area contributed by atoms with Crippen LogP contribution >= 0.6 is 0 Å². The zero-order valence-corrected chi connectivity index (χ0v) is 16.3. The van der Waals surface area contributed by atoms with Crippen LogP contribution in [0.5, 0.6) is 0 Å². The highest BCUT2D eigenvalue weighted by Crippen LogP contribution is 2.36. The Bertz CT molecular complexity index is 927. The van der Waals surface area contributed by atoms with Gasteiger partial charge in [0.15, 0.2) is 5.69 Å². The molecule has 2 amide bonds. The van der Waals surface area contributed by atoms with E-state index in [1.165, 1.54) is 11.0 Å². The SMILES string of the molecule is CC1=CC(=O)N(C[C@@H](N)CC(=O)N2CCc3c(nc(C(F)(F)F)nc3C(F)(F)F)C2)C1. The molecule has 0 bridgehead atoms. The minimum atomic E-state index is -5.17. The van der Waals surface area contributed by atoms with Crippen LogP contribution in [0.4, 0.5) is 26.3 Å². The molecule has 0 aromatic carbocycles. The van der Waals surface area contributed by atoms with Gasteiger partial charge in [-0.2, -0.15) is 26.3 Å². The van der Waals surface area contributed by atoms with Crippen molar-refractivity contribution in [1.82, 2.24) is 19.8 Å². The van der Waals surface area contributed by atoms with Crippen LogP contribution in [-0.2, 0) is 34.9 Å². The second-order valence-corrected chi connectivity index (χ2v) is 7.56. The summed E-state index contributed by atoms with van der Waals surface area (Å²) in [5, 5.41) is 0. The number of carbonyl (C=O) groups is 2. The number of alkyl halides is 6. The molecule has 170 valence electrons. The molecule has 0 unspecified atom stereocenters. The predicted octanol–water partition coefficient (Wildman–Crippen LogP) is 1.90. The van der Waals surface area contributed by atoms with Gasteiger partial charge in [-0.15, -0.1) is 0 Å². The van der Waals surface area contributed by atoms with E-state index in [1.54, 1.807) is 6.92 Å². The van der Waals surface area contributed by atoms with Crippen LogP contribution in [0.1, 0.15) is 36.1 Å². The Kier molecular flexibility index (Phi) is 6.00. The molecule has 2 aliphatic rings. The van der Waals surface area contributed by atoms with Crippen molar-refractivity contribution < 1.29 is 35.9 Å². The number of carbonyl (C=O) groups excluding carboxylic acids is 2. The van der Waals surface area contributed by atoms with Crippen LogP contribution in [-0.4, -0.2) is 57.3 Å². The molecule has 3 rings (SSSR count). The summed E-state index contributed by atoms with van der Waals surface area (Å²) >= 11 is 0. The molecule has 1 atom stereocenters. The van der Waals surface area contributed by atoms with Gasteiger partial charge in [0, 0.05) is 43.7 Å². The highest BCUT2D eigenvalue weighted by Gasteiger charge is 2.43. The van der Waals surface area contributed by atoms with Gasteiger partial charge >= 0.3 is 12.4 Å². The number of aromatic nitrogens is 2. The molecular formula is C18H19F6N5O2. The fraction of sp³-hybridized carbons (Fsp3) is 0.556. The Labute approximate surface area is 172 Å². The third-order valence-corrected chi connectivity index (χ3v) is 4.95. The third-order valence-electron chi connectivity index (χ3n) is 4.95. The van der Waals surface area contributed by atoms with E-state index in [1.807, 2.05) is 0 Å². The van der Waals surface area contributed by atoms with E-state index in [0.29, 0.717) is 6.54 Å². The predicted molar refractivity (Wildman–Crippen MR) is 94.1 cm³/mol. The van der Waals surface area contributed by atoms with Crippen molar-refractivity contribution >= 4 is 11.8 Å². The van der Waals surface area contributed by atoms with Crippen molar-refractivity contribution in [3.05, 3.63) is 34.4 Å². The number of hydrogen-bond acceptors (Lipinski definition) is 5. The van der Waals surface area contributed by atoms with Gasteiger partial charge < -0.3 is 15.5 Å². The Morgan fingerprint density at radius 1 is 1.16 bits per heavy atom. The summed E-state index contributed by atoms with van der Waals surface area (Å²) in [7, 11) is 0. The van der Waals surface area contributed by atoms with Gasteiger partial charge in [-0.25, -0.2) is 9.97 Å². The summed E-state index contributed by atoms with van der Waals surface area (Å²) in [6.07, 6.45) is -9.36. The van der Waals surface area contributed by atoms with Crippen LogP contribution in [0.2, 0.25) is 0 Å². The molecule has 0 fully saturated rings. The zero-order valence-electron chi connectivity index (χ0n) is 16.3. The fourth-order valence-electron chi connectivity index (χ4n) is 3.59. The van der Waals surface area contributed by atoms with E-state index in [4.69, 9.17) is 5.73 Å². The molecule has 1 aromatic heterocycles. The number of nitrogens with zero attached hydrogens (tertiary/aromatic N) is 4. The van der Waals surface area contributed by atoms with Crippen molar-refractivity contribution in [1.29, 1.82) is 0 Å². The molecule has 0 spiro atoms. The van der Waals surface area contributed by atoms with E-state index in [9.17, 15) is 35.9 Å². The molecule has 31 heavy (non-hydrogen) atoms. The topological polar surface area (TPSA) is 92.4 Å². The lowest BCUT2D eigenvalue weighted by molar-refractivity contribution is -0.153. The lowest BCUT2D eigenvalue weighted by Gasteiger charge is -2.31. The van der Waals surface area contributed by atoms with Crippen LogP contribution in [0.15, 0.2) is 11.6 Å². The molecular weight excluding hydrogens is 432 g/mol. The highest BCUT2D eigenvalue weighted by atomic mass is 19.4. The minimum Gasteiger partial charge on any atom is -0.336 e. The normalized spacial score (nSPS) is 18.2. The first-order chi connectivity index (χ1) is 14.3. The van der Waals surface area contributed by atoms with E-state index in [0.717, 1.165) is 10.5 Å². The third kappa shape index (κ3) is 5.14. The maximum absolute atomic E-state index is 13.2. The molecule has 7 nitrogen and oxygen atoms in total. The van der Waals surface area contributed by atoms with Crippen molar-refractivity contribution in [2.75, 3.05) is 19.6 Å². The van der Waals surface area contributed by atoms with Crippen molar-refractivity contribution in [2.24, 2.45) is 5.73 Å². The van der Waals surface area contributed by atoms with E-state index >= 15 is 0 Å². The molecule has 3 heterocycles. The number of nitrogens with two attached hydrogens (primary N) is 1. The molecule has 1 aromatic rings. The van der Waals surface area contributed by atoms with Crippen LogP contribution in [0, 0.1) is 0 Å². The Morgan fingerprint density at radius 3 is 2.39 bits per heavy atom. The molecule has 2 N–H and O–H groups in total. The molecule has 0 saturated carbocycles. The van der Waals surface area contributed by atoms with E-state index in [-0.39, 0.29) is 31.8 Å². The molecule has 0 aliphatic carbocycles. The summed E-state index contributed by atoms with van der Waals surface area (Å²) in [6, 6.07) is -0.737. The first-order valence-electron chi connectivity index (χ1n) is 9.29. The smallest absolute Gasteiger partial charge is 0.336 e. The number of rotatable bonds is 4. The molecule has 0 saturated heterocycles. The first-order valence-corrected chi connectivity index (χ1v) is 9.29. The zero-order chi connectivity index (χ0) is 23.1. The van der Waals surface area contributed by atoms with Gasteiger partial charge in [0.1, 0.15) is 0 Å². The average molecular weight is 451 g/mol. The van der Waals surface area contributed by atoms with Gasteiger partial charge in [0.05, 0.1) is 12.2 Å². The second kappa shape index (κ2) is 8.09. The summed E-state index contributed by atoms with van der Waals surface area (Å²) in [4.78, 5) is 32.8. The quantitative estimate of drug-likeness (QED) is 0.707. The van der Waals surface area contributed by atoms with Gasteiger partial charge in [-0.3, -0.25) is 9.59 Å². The van der Waals surface area contributed by atoms with Crippen molar-refractivity contribution in [2.45, 2.75) is 44.7 Å². The van der Waals surface area contributed by atoms with Crippen LogP contribution in [0.3, 0.4) is 0 Å². The summed E-state index contributed by atoms with van der Waals surface area (Å²) in [5.74, 6) is -2.68. The lowest BCUT2D eigenvalue weighted by Crippen LogP contribution is -2.44. The van der Waals surface area contributed by atoms with Crippen LogP contribution < -0.4 is 5.73 Å². The van der Waals surface area contributed by atoms with Gasteiger partial charge in [-0.1, -0.05) is 0 Å². The van der Waals surface area contributed by atoms with E-state index in [2.05, 4.69) is 9.97 Å². The summed E-state index contributed by atoms with van der Waals surface area (Å²) < 4.78 is 78.6. The lowest BCUT2D eigenvalue weighted by atomic mass is 10.0. The second-order valence-electron chi connectivity index (χ2n) is 7.56. The van der Waals surface area contributed by atoms with E-state index < -0.39 is 53.6 Å². The minimum absolute atomic E-state index is 0.0987. The monoisotopic (exact) mass is 451 g/mol. The Morgan fingerprint density at radius 2 is 1.84 bits per heavy atom. The highest BCUT2D eigenvalue weighted by molar-refractivity contribution is 5.91. The maximum Gasteiger partial charge on any atom is 0.451 e. The molecule has 0 radical (unpaired) electrons. The first kappa shape index (κ1) is 23.0.